The minimum absolute atomic E-state index is 0.0981. The van der Waals surface area contributed by atoms with E-state index in [0.29, 0.717) is 11.3 Å². The van der Waals surface area contributed by atoms with Crippen LogP contribution in [0.3, 0.4) is 0 Å². The molecule has 15 heavy (non-hydrogen) atoms. The number of benzene rings is 1. The van der Waals surface area contributed by atoms with Gasteiger partial charge in [-0.15, -0.1) is 8.78 Å². The molecule has 0 spiro atoms. The Hall–Kier alpha value is -1.36. The largest absolute Gasteiger partial charge is 0.535 e. The third-order valence-corrected chi connectivity index (χ3v) is 2.40. The first-order valence-corrected chi connectivity index (χ1v) is 4.64. The summed E-state index contributed by atoms with van der Waals surface area (Å²) in [7, 11) is 0. The number of ether oxygens (including phenoxy) is 2. The number of anilines is 1. The highest BCUT2D eigenvalue weighted by atomic mass is 19.3. The average molecular weight is 215 g/mol. The Morgan fingerprint density at radius 2 is 2.20 bits per heavy atom. The lowest BCUT2D eigenvalue weighted by Gasteiger charge is -2.26. The Morgan fingerprint density at radius 1 is 1.47 bits per heavy atom. The fraction of sp³-hybridized carbons (Fsp3) is 0.400. The molecular formula is C10H11F2NO2. The number of fused-ring (bicyclic) bond motifs is 1. The van der Waals surface area contributed by atoms with Crippen molar-refractivity contribution in [3.63, 3.8) is 0 Å². The van der Waals surface area contributed by atoms with E-state index < -0.39 is 6.29 Å². The van der Waals surface area contributed by atoms with Crippen molar-refractivity contribution < 1.29 is 18.3 Å². The van der Waals surface area contributed by atoms with Crippen LogP contribution >= 0.6 is 0 Å². The fourth-order valence-corrected chi connectivity index (χ4v) is 1.56. The van der Waals surface area contributed by atoms with Crippen molar-refractivity contribution in [2.24, 2.45) is 0 Å². The van der Waals surface area contributed by atoms with Crippen LogP contribution in [0.2, 0.25) is 0 Å². The molecule has 0 saturated heterocycles. The minimum atomic E-state index is -3.55. The standard InChI is InChI=1S/C10H11F2NO2/c1-2-6-3-4-8-7(9(6)13)5-14-10(11,12)15-8/h3-4H,2,5,13H2,1H3. The van der Waals surface area contributed by atoms with E-state index in [9.17, 15) is 8.78 Å². The minimum Gasteiger partial charge on any atom is -0.409 e. The zero-order valence-electron chi connectivity index (χ0n) is 8.22. The number of alkyl halides is 2. The molecule has 1 aliphatic heterocycles. The monoisotopic (exact) mass is 215 g/mol. The summed E-state index contributed by atoms with van der Waals surface area (Å²) in [5.41, 5.74) is 7.68. The highest BCUT2D eigenvalue weighted by Gasteiger charge is 2.39. The third-order valence-electron chi connectivity index (χ3n) is 2.40. The van der Waals surface area contributed by atoms with Crippen LogP contribution in [0.1, 0.15) is 18.1 Å². The maximum atomic E-state index is 12.7. The van der Waals surface area contributed by atoms with Crippen molar-refractivity contribution in [1.29, 1.82) is 0 Å². The molecule has 0 aliphatic carbocycles. The fourth-order valence-electron chi connectivity index (χ4n) is 1.56. The molecule has 0 fully saturated rings. The zero-order chi connectivity index (χ0) is 11.1. The number of aryl methyl sites for hydroxylation is 1. The lowest BCUT2D eigenvalue weighted by atomic mass is 10.0. The summed E-state index contributed by atoms with van der Waals surface area (Å²) in [5, 5.41) is 0. The number of nitrogen functional groups attached to an aromatic ring is 1. The molecule has 3 nitrogen and oxygen atoms in total. The van der Waals surface area contributed by atoms with Gasteiger partial charge in [0, 0.05) is 11.3 Å². The first-order chi connectivity index (χ1) is 7.03. The van der Waals surface area contributed by atoms with Crippen LogP contribution in [0.15, 0.2) is 12.1 Å². The summed E-state index contributed by atoms with van der Waals surface area (Å²) in [4.78, 5) is 0. The molecule has 1 aliphatic rings. The van der Waals surface area contributed by atoms with E-state index in [0.717, 1.165) is 12.0 Å². The molecule has 2 rings (SSSR count). The molecule has 0 aromatic heterocycles. The molecule has 1 aromatic carbocycles. The summed E-state index contributed by atoms with van der Waals surface area (Å²) in [6, 6.07) is 3.19. The van der Waals surface area contributed by atoms with Crippen LogP contribution in [-0.4, -0.2) is 6.29 Å². The van der Waals surface area contributed by atoms with E-state index >= 15 is 0 Å². The SMILES string of the molecule is CCc1ccc2c(c1N)COC(F)(F)O2. The second-order valence-electron chi connectivity index (χ2n) is 3.32. The summed E-state index contributed by atoms with van der Waals surface area (Å²) >= 11 is 0. The van der Waals surface area contributed by atoms with Crippen LogP contribution in [0.5, 0.6) is 5.75 Å². The normalized spacial score (nSPS) is 18.1. The summed E-state index contributed by atoms with van der Waals surface area (Å²) in [6.45, 7) is 1.72. The van der Waals surface area contributed by atoms with Gasteiger partial charge in [-0.05, 0) is 18.1 Å². The Balaban J connectivity index is 2.44. The molecular weight excluding hydrogens is 204 g/mol. The highest BCUT2D eigenvalue weighted by molar-refractivity contribution is 5.60. The molecule has 0 bridgehead atoms. The molecule has 2 N–H and O–H groups in total. The smallest absolute Gasteiger partial charge is 0.409 e. The summed E-state index contributed by atoms with van der Waals surface area (Å²) in [5.74, 6) is 0.0981. The van der Waals surface area contributed by atoms with Gasteiger partial charge < -0.3 is 10.5 Å². The highest BCUT2D eigenvalue weighted by Crippen LogP contribution is 2.37. The second kappa shape index (κ2) is 3.34. The maximum absolute atomic E-state index is 12.7. The van der Waals surface area contributed by atoms with Gasteiger partial charge in [0.2, 0.25) is 0 Å². The Kier molecular flexibility index (Phi) is 2.26. The van der Waals surface area contributed by atoms with Gasteiger partial charge in [-0.2, -0.15) is 0 Å². The van der Waals surface area contributed by atoms with E-state index in [1.165, 1.54) is 6.07 Å². The van der Waals surface area contributed by atoms with Gasteiger partial charge in [-0.1, -0.05) is 13.0 Å². The van der Waals surface area contributed by atoms with Crippen molar-refractivity contribution in [1.82, 2.24) is 0 Å². The van der Waals surface area contributed by atoms with Gasteiger partial charge in [0.1, 0.15) is 5.75 Å². The van der Waals surface area contributed by atoms with Gasteiger partial charge >= 0.3 is 6.29 Å². The molecule has 0 radical (unpaired) electrons. The van der Waals surface area contributed by atoms with Crippen LogP contribution in [0.4, 0.5) is 14.5 Å². The Morgan fingerprint density at radius 3 is 2.87 bits per heavy atom. The van der Waals surface area contributed by atoms with Crippen molar-refractivity contribution in [3.8, 4) is 5.75 Å². The number of hydrogen-bond donors (Lipinski definition) is 1. The lowest BCUT2D eigenvalue weighted by Crippen LogP contribution is -2.32. The van der Waals surface area contributed by atoms with Gasteiger partial charge in [-0.25, -0.2) is 0 Å². The number of rotatable bonds is 1. The van der Waals surface area contributed by atoms with E-state index in [-0.39, 0.29) is 12.4 Å². The molecule has 0 atom stereocenters. The van der Waals surface area contributed by atoms with Gasteiger partial charge in [0.15, 0.2) is 0 Å². The summed E-state index contributed by atoms with van der Waals surface area (Å²) in [6.07, 6.45) is -2.80. The third kappa shape index (κ3) is 1.74. The van der Waals surface area contributed by atoms with Crippen LogP contribution in [-0.2, 0) is 17.8 Å². The Bertz CT molecular complexity index is 393. The van der Waals surface area contributed by atoms with E-state index in [4.69, 9.17) is 5.73 Å². The second-order valence-corrected chi connectivity index (χ2v) is 3.32. The molecule has 1 heterocycles. The summed E-state index contributed by atoms with van der Waals surface area (Å²) < 4.78 is 34.0. The quantitative estimate of drug-likeness (QED) is 0.731. The van der Waals surface area contributed by atoms with Crippen LogP contribution in [0, 0.1) is 0 Å². The molecule has 0 unspecified atom stereocenters. The van der Waals surface area contributed by atoms with Gasteiger partial charge in [-0.3, -0.25) is 4.74 Å². The predicted molar refractivity (Wildman–Crippen MR) is 50.6 cm³/mol. The maximum Gasteiger partial charge on any atom is 0.535 e. The predicted octanol–water partition coefficient (Wildman–Crippen LogP) is 2.29. The molecule has 1 aromatic rings. The lowest BCUT2D eigenvalue weighted by molar-refractivity contribution is -0.367. The van der Waals surface area contributed by atoms with Crippen molar-refractivity contribution in [3.05, 3.63) is 23.3 Å². The number of hydrogen-bond acceptors (Lipinski definition) is 3. The first kappa shape index (κ1) is 10.2. The topological polar surface area (TPSA) is 44.5 Å². The molecule has 0 amide bonds. The first-order valence-electron chi connectivity index (χ1n) is 4.64. The number of halogens is 2. The van der Waals surface area contributed by atoms with Crippen molar-refractivity contribution >= 4 is 5.69 Å². The average Bonchev–Trinajstić information content (AvgIpc) is 2.16. The molecule has 0 saturated carbocycles. The van der Waals surface area contributed by atoms with Crippen LogP contribution < -0.4 is 10.5 Å². The molecule has 82 valence electrons. The van der Waals surface area contributed by atoms with E-state index in [2.05, 4.69) is 9.47 Å². The van der Waals surface area contributed by atoms with Crippen molar-refractivity contribution in [2.45, 2.75) is 26.2 Å². The van der Waals surface area contributed by atoms with E-state index in [1.807, 2.05) is 6.92 Å². The van der Waals surface area contributed by atoms with E-state index in [1.54, 1.807) is 6.07 Å². The van der Waals surface area contributed by atoms with Crippen LogP contribution in [0.25, 0.3) is 0 Å². The zero-order valence-corrected chi connectivity index (χ0v) is 8.22. The van der Waals surface area contributed by atoms with Gasteiger partial charge in [0.25, 0.3) is 0 Å². The Labute approximate surface area is 85.8 Å². The molecule has 5 heteroatoms. The van der Waals surface area contributed by atoms with Gasteiger partial charge in [0.05, 0.1) is 6.61 Å². The van der Waals surface area contributed by atoms with Crippen molar-refractivity contribution in [2.75, 3.05) is 5.73 Å². The number of nitrogens with two attached hydrogens (primary N) is 1.